The molecule has 0 aromatic heterocycles. The minimum absolute atomic E-state index is 0.0207. The number of hydrazone groups is 1. The molecule has 0 saturated carbocycles. The fourth-order valence-corrected chi connectivity index (χ4v) is 5.01. The Labute approximate surface area is 231 Å². The number of aliphatic imine (C=N–C) groups is 1. The number of carbonyl (C=O) groups is 1. The highest BCUT2D eigenvalue weighted by Gasteiger charge is 2.36. The lowest BCUT2D eigenvalue weighted by molar-refractivity contribution is -0.114. The second-order valence-electron chi connectivity index (χ2n) is 8.89. The number of fused-ring (bicyclic) bond motifs is 1. The normalized spacial score (nSPS) is 15.7. The van der Waals surface area contributed by atoms with Gasteiger partial charge in [-0.15, -0.1) is 0 Å². The number of amidine groups is 2. The molecule has 0 spiro atoms. The van der Waals surface area contributed by atoms with Gasteiger partial charge in [-0.25, -0.2) is 0 Å². The van der Waals surface area contributed by atoms with E-state index in [0.717, 1.165) is 16.9 Å². The summed E-state index contributed by atoms with van der Waals surface area (Å²) in [5, 5.41) is 15.8. The van der Waals surface area contributed by atoms with Crippen molar-refractivity contribution >= 4 is 39.8 Å². The first kappa shape index (κ1) is 26.2. The molecule has 2 aliphatic heterocycles. The van der Waals surface area contributed by atoms with Gasteiger partial charge in [0.05, 0.1) is 12.2 Å². The molecule has 3 aromatic rings. The summed E-state index contributed by atoms with van der Waals surface area (Å²) in [7, 11) is 0. The largest absolute Gasteiger partial charge is 0.490 e. The number of nitrogens with zero attached hydrogens (tertiary/aromatic N) is 3. The zero-order valence-corrected chi connectivity index (χ0v) is 22.7. The molecule has 0 aliphatic carbocycles. The molecule has 0 unspecified atom stereocenters. The molecular formula is C30H28N4O4S. The average molecular weight is 541 g/mol. The van der Waals surface area contributed by atoms with E-state index >= 15 is 0 Å². The SMILES string of the molecule is CCOc1cc(/C=C2\C(=N)N3N=C(c4ccccc4C)SC3=NC2=O)ccc1OCCOc1ccc(C)cc1. The Balaban J connectivity index is 1.31. The van der Waals surface area contributed by atoms with Crippen molar-refractivity contribution in [3.05, 3.63) is 94.6 Å². The Bertz CT molecular complexity index is 1510. The van der Waals surface area contributed by atoms with Crippen molar-refractivity contribution in [3.8, 4) is 17.2 Å². The first-order valence-electron chi connectivity index (χ1n) is 12.6. The van der Waals surface area contributed by atoms with Crippen LogP contribution in [-0.4, -0.2) is 46.8 Å². The van der Waals surface area contributed by atoms with E-state index in [1.165, 1.54) is 22.3 Å². The molecule has 1 N–H and O–H groups in total. The van der Waals surface area contributed by atoms with Crippen LogP contribution < -0.4 is 14.2 Å². The molecule has 2 aliphatic rings. The van der Waals surface area contributed by atoms with Gasteiger partial charge in [-0.2, -0.15) is 15.1 Å². The molecule has 198 valence electrons. The summed E-state index contributed by atoms with van der Waals surface area (Å²) in [6.45, 7) is 7.08. The van der Waals surface area contributed by atoms with Crippen LogP contribution in [0.25, 0.3) is 6.08 Å². The molecule has 0 fully saturated rings. The Kier molecular flexibility index (Phi) is 7.79. The van der Waals surface area contributed by atoms with E-state index in [9.17, 15) is 4.79 Å². The number of hydrogen-bond donors (Lipinski definition) is 1. The quantitative estimate of drug-likeness (QED) is 0.271. The Morgan fingerprint density at radius 2 is 1.72 bits per heavy atom. The third kappa shape index (κ3) is 5.88. The number of carbonyl (C=O) groups excluding carboxylic acids is 1. The van der Waals surface area contributed by atoms with Crippen LogP contribution in [0.4, 0.5) is 0 Å². The number of aryl methyl sites for hydroxylation is 2. The predicted molar refractivity (Wildman–Crippen MR) is 155 cm³/mol. The summed E-state index contributed by atoms with van der Waals surface area (Å²) >= 11 is 1.29. The summed E-state index contributed by atoms with van der Waals surface area (Å²) < 4.78 is 17.4. The molecular weight excluding hydrogens is 512 g/mol. The molecule has 3 aromatic carbocycles. The van der Waals surface area contributed by atoms with Gasteiger partial charge in [-0.1, -0.05) is 48.0 Å². The highest BCUT2D eigenvalue weighted by Crippen LogP contribution is 2.33. The second-order valence-corrected chi connectivity index (χ2v) is 9.85. The first-order chi connectivity index (χ1) is 18.9. The summed E-state index contributed by atoms with van der Waals surface area (Å²) in [6.07, 6.45) is 1.63. The van der Waals surface area contributed by atoms with Crippen molar-refractivity contribution in [2.24, 2.45) is 10.1 Å². The number of amides is 1. The van der Waals surface area contributed by atoms with Crippen molar-refractivity contribution in [2.75, 3.05) is 19.8 Å². The lowest BCUT2D eigenvalue weighted by atomic mass is 10.1. The molecule has 0 saturated heterocycles. The highest BCUT2D eigenvalue weighted by molar-refractivity contribution is 8.27. The van der Waals surface area contributed by atoms with E-state index in [-0.39, 0.29) is 11.4 Å². The predicted octanol–water partition coefficient (Wildman–Crippen LogP) is 5.83. The summed E-state index contributed by atoms with van der Waals surface area (Å²) in [5.41, 5.74) is 4.02. The topological polar surface area (TPSA) is 96.6 Å². The van der Waals surface area contributed by atoms with Gasteiger partial charge in [-0.05, 0) is 74.0 Å². The maximum Gasteiger partial charge on any atom is 0.283 e. The summed E-state index contributed by atoms with van der Waals surface area (Å²) in [5.74, 6) is 1.39. The minimum Gasteiger partial charge on any atom is -0.490 e. The van der Waals surface area contributed by atoms with Crippen LogP contribution in [0.15, 0.2) is 82.4 Å². The van der Waals surface area contributed by atoms with E-state index in [0.29, 0.717) is 47.1 Å². The van der Waals surface area contributed by atoms with Gasteiger partial charge in [-0.3, -0.25) is 10.2 Å². The number of rotatable bonds is 9. The summed E-state index contributed by atoms with van der Waals surface area (Å²) in [6, 6.07) is 21.1. The Hall–Kier alpha value is -4.37. The zero-order valence-electron chi connectivity index (χ0n) is 21.9. The average Bonchev–Trinajstić information content (AvgIpc) is 3.35. The molecule has 2 heterocycles. The van der Waals surface area contributed by atoms with Crippen molar-refractivity contribution in [3.63, 3.8) is 0 Å². The van der Waals surface area contributed by atoms with Crippen molar-refractivity contribution in [2.45, 2.75) is 20.8 Å². The van der Waals surface area contributed by atoms with E-state index in [1.54, 1.807) is 18.2 Å². The third-order valence-corrected chi connectivity index (χ3v) is 6.98. The van der Waals surface area contributed by atoms with Crippen molar-refractivity contribution < 1.29 is 19.0 Å². The van der Waals surface area contributed by atoms with Crippen LogP contribution in [0.1, 0.15) is 29.2 Å². The van der Waals surface area contributed by atoms with E-state index in [1.807, 2.05) is 75.4 Å². The summed E-state index contributed by atoms with van der Waals surface area (Å²) in [4.78, 5) is 17.1. The van der Waals surface area contributed by atoms with Crippen LogP contribution in [0.2, 0.25) is 0 Å². The molecule has 1 amide bonds. The van der Waals surface area contributed by atoms with Gasteiger partial charge >= 0.3 is 0 Å². The van der Waals surface area contributed by atoms with Crippen LogP contribution in [0, 0.1) is 19.3 Å². The fourth-order valence-electron chi connectivity index (χ4n) is 4.03. The standard InChI is InChI=1S/C30H28N4O4S/c1-4-36-26-18-21(11-14-25(26)38-16-15-37-22-12-9-19(2)10-13-22)17-24-27(31)34-30(32-28(24)35)39-29(33-34)23-8-6-5-7-20(23)3/h5-14,17-18,31H,4,15-16H2,1-3H3/b24-17+,31-27?. The van der Waals surface area contributed by atoms with E-state index < -0.39 is 5.91 Å². The number of nitrogens with one attached hydrogen (secondary N) is 1. The number of ether oxygens (including phenoxy) is 3. The second kappa shape index (κ2) is 11.6. The number of hydrogen-bond acceptors (Lipinski definition) is 7. The van der Waals surface area contributed by atoms with Crippen LogP contribution >= 0.6 is 11.8 Å². The fraction of sp³-hybridized carbons (Fsp3) is 0.200. The molecule has 8 nitrogen and oxygen atoms in total. The zero-order chi connectivity index (χ0) is 27.4. The van der Waals surface area contributed by atoms with Gasteiger partial charge in [0.1, 0.15) is 24.0 Å². The molecule has 0 atom stereocenters. The molecule has 9 heteroatoms. The lowest BCUT2D eigenvalue weighted by Crippen LogP contribution is -2.35. The molecule has 39 heavy (non-hydrogen) atoms. The number of thioether (sulfide) groups is 1. The van der Waals surface area contributed by atoms with Gasteiger partial charge < -0.3 is 14.2 Å². The van der Waals surface area contributed by atoms with E-state index in [2.05, 4.69) is 10.1 Å². The van der Waals surface area contributed by atoms with E-state index in [4.69, 9.17) is 19.6 Å². The Morgan fingerprint density at radius 1 is 0.949 bits per heavy atom. The first-order valence-corrected chi connectivity index (χ1v) is 13.4. The monoisotopic (exact) mass is 540 g/mol. The van der Waals surface area contributed by atoms with Gasteiger partial charge in [0, 0.05) is 5.56 Å². The van der Waals surface area contributed by atoms with Crippen LogP contribution in [-0.2, 0) is 4.79 Å². The van der Waals surface area contributed by atoms with Crippen LogP contribution in [0.3, 0.4) is 0 Å². The maximum atomic E-state index is 12.9. The van der Waals surface area contributed by atoms with Gasteiger partial charge in [0.2, 0.25) is 5.17 Å². The van der Waals surface area contributed by atoms with Crippen molar-refractivity contribution in [1.82, 2.24) is 5.01 Å². The molecule has 0 radical (unpaired) electrons. The van der Waals surface area contributed by atoms with Crippen molar-refractivity contribution in [1.29, 1.82) is 5.41 Å². The number of benzene rings is 3. The van der Waals surface area contributed by atoms with Gasteiger partial charge in [0.25, 0.3) is 5.91 Å². The molecule has 0 bridgehead atoms. The maximum absolute atomic E-state index is 12.9. The third-order valence-electron chi connectivity index (χ3n) is 6.04. The minimum atomic E-state index is -0.480. The van der Waals surface area contributed by atoms with Gasteiger partial charge in [0.15, 0.2) is 17.3 Å². The molecule has 5 rings (SSSR count). The highest BCUT2D eigenvalue weighted by atomic mass is 32.2. The smallest absolute Gasteiger partial charge is 0.283 e. The lowest BCUT2D eigenvalue weighted by Gasteiger charge is -2.20. The Morgan fingerprint density at radius 3 is 2.49 bits per heavy atom. The van der Waals surface area contributed by atoms with Crippen LogP contribution in [0.5, 0.6) is 17.2 Å².